The molecule has 0 aromatic heterocycles. The van der Waals surface area contributed by atoms with E-state index in [1.54, 1.807) is 0 Å². The zero-order valence-corrected chi connectivity index (χ0v) is 9.09. The molecule has 1 radical (unpaired) electrons. The number of carbonyl (C=O) groups is 1. The molecule has 3 heteroatoms. The third kappa shape index (κ3) is 9.52. The Balaban J connectivity index is 3.10. The van der Waals surface area contributed by atoms with Gasteiger partial charge in [-0.3, -0.25) is 4.79 Å². The topological polar surface area (TPSA) is 46.2 Å². The van der Waals surface area contributed by atoms with Gasteiger partial charge in [-0.15, -0.1) is 0 Å². The van der Waals surface area contributed by atoms with Crippen molar-refractivity contribution in [3.05, 3.63) is 0 Å². The van der Waals surface area contributed by atoms with Crippen LogP contribution in [0, 0.1) is 0 Å². The molecule has 0 atom stereocenters. The number of carbonyl (C=O) groups excluding carboxylic acids is 1. The largest absolute Gasteiger partial charge is 0.466 e. The summed E-state index contributed by atoms with van der Waals surface area (Å²) in [5.41, 5.74) is 0. The van der Waals surface area contributed by atoms with Crippen LogP contribution in [0.2, 0.25) is 0 Å². The number of unbranched alkanes of at least 4 members (excludes halogenated alkanes) is 4. The minimum Gasteiger partial charge on any atom is -0.466 e. The lowest BCUT2D eigenvalue weighted by atomic mass is 10.2. The highest BCUT2D eigenvalue weighted by atomic mass is 16.5. The Morgan fingerprint density at radius 1 is 1.07 bits per heavy atom. The first kappa shape index (κ1) is 13.4. The maximum Gasteiger partial charge on any atom is 0.305 e. The normalized spacial score (nSPS) is 10.1. The quantitative estimate of drug-likeness (QED) is 0.425. The van der Waals surface area contributed by atoms with Gasteiger partial charge >= 0.3 is 5.97 Å². The zero-order valence-electron chi connectivity index (χ0n) is 9.09. The highest BCUT2D eigenvalue weighted by Gasteiger charge is 2.01. The van der Waals surface area contributed by atoms with E-state index in [4.69, 9.17) is 4.74 Å². The fraction of sp³-hybridized carbons (Fsp3) is 0.909. The van der Waals surface area contributed by atoms with Crippen LogP contribution in [0.25, 0.3) is 0 Å². The van der Waals surface area contributed by atoms with Gasteiger partial charge in [0, 0.05) is 6.42 Å². The molecule has 14 heavy (non-hydrogen) atoms. The lowest BCUT2D eigenvalue weighted by molar-refractivity contribution is -0.143. The van der Waals surface area contributed by atoms with Crippen LogP contribution in [-0.2, 0) is 14.6 Å². The van der Waals surface area contributed by atoms with Crippen molar-refractivity contribution < 1.29 is 14.6 Å². The summed E-state index contributed by atoms with van der Waals surface area (Å²) in [6.07, 6.45) is 6.05. The average molecular weight is 201 g/mol. The number of rotatable bonds is 9. The van der Waals surface area contributed by atoms with E-state index >= 15 is 0 Å². The maximum atomic E-state index is 11.1. The summed E-state index contributed by atoms with van der Waals surface area (Å²) < 4.78 is 4.99. The highest BCUT2D eigenvalue weighted by molar-refractivity contribution is 5.69. The summed E-state index contributed by atoms with van der Waals surface area (Å²) in [4.78, 5) is 11.1. The molecule has 0 aliphatic rings. The first-order chi connectivity index (χ1) is 6.81. The summed E-state index contributed by atoms with van der Waals surface area (Å²) in [7, 11) is 0. The first-order valence-electron chi connectivity index (χ1n) is 5.55. The molecule has 0 bridgehead atoms. The van der Waals surface area contributed by atoms with Crippen molar-refractivity contribution in [1.82, 2.24) is 0 Å². The van der Waals surface area contributed by atoms with Gasteiger partial charge in [0.15, 0.2) is 0 Å². The molecular formula is C11H21O3. The van der Waals surface area contributed by atoms with Crippen LogP contribution in [0.1, 0.15) is 51.9 Å². The van der Waals surface area contributed by atoms with Crippen LogP contribution in [0.4, 0.5) is 0 Å². The lowest BCUT2D eigenvalue weighted by Crippen LogP contribution is -2.05. The predicted molar refractivity (Wildman–Crippen MR) is 54.5 cm³/mol. The van der Waals surface area contributed by atoms with Gasteiger partial charge < -0.3 is 4.74 Å². The van der Waals surface area contributed by atoms with Gasteiger partial charge in [-0.25, -0.2) is 5.11 Å². The monoisotopic (exact) mass is 201 g/mol. The Labute approximate surface area is 86.5 Å². The van der Waals surface area contributed by atoms with E-state index < -0.39 is 0 Å². The van der Waals surface area contributed by atoms with Crippen LogP contribution in [0.3, 0.4) is 0 Å². The molecule has 0 saturated heterocycles. The molecule has 0 fully saturated rings. The van der Waals surface area contributed by atoms with E-state index in [9.17, 15) is 9.90 Å². The molecule has 0 N–H and O–H groups in total. The number of hydrogen-bond acceptors (Lipinski definition) is 2. The summed E-state index contributed by atoms with van der Waals surface area (Å²) in [5.74, 6) is -0.0967. The summed E-state index contributed by atoms with van der Waals surface area (Å²) in [6.45, 7) is 2.56. The summed E-state index contributed by atoms with van der Waals surface area (Å²) in [6, 6.07) is 0. The Kier molecular flexibility index (Phi) is 10.1. The second-order valence-electron chi connectivity index (χ2n) is 3.44. The minimum atomic E-state index is -0.0967. The molecule has 0 unspecified atom stereocenters. The van der Waals surface area contributed by atoms with Gasteiger partial charge in [-0.2, -0.15) is 0 Å². The number of ether oxygens (including phenoxy) is 1. The SMILES string of the molecule is CCCCCC(=O)OCCCCC[O]. The molecular weight excluding hydrogens is 180 g/mol. The first-order valence-corrected chi connectivity index (χ1v) is 5.55. The molecule has 0 aromatic rings. The zero-order chi connectivity index (χ0) is 10.6. The Morgan fingerprint density at radius 3 is 2.50 bits per heavy atom. The maximum absolute atomic E-state index is 11.1. The standard InChI is InChI=1S/C11H21O3/c1-2-3-5-8-11(13)14-10-7-4-6-9-12/h2-10H2,1H3. The average Bonchev–Trinajstić information content (AvgIpc) is 2.18. The molecule has 0 aromatic carbocycles. The Morgan fingerprint density at radius 2 is 1.86 bits per heavy atom. The van der Waals surface area contributed by atoms with Crippen molar-refractivity contribution >= 4 is 5.97 Å². The molecule has 3 nitrogen and oxygen atoms in total. The van der Waals surface area contributed by atoms with E-state index in [0.29, 0.717) is 19.4 Å². The third-order valence-corrected chi connectivity index (χ3v) is 2.04. The van der Waals surface area contributed by atoms with Gasteiger partial charge in [-0.1, -0.05) is 19.8 Å². The van der Waals surface area contributed by atoms with Gasteiger partial charge in [0.1, 0.15) is 0 Å². The van der Waals surface area contributed by atoms with Crippen LogP contribution < -0.4 is 0 Å². The highest BCUT2D eigenvalue weighted by Crippen LogP contribution is 2.01. The van der Waals surface area contributed by atoms with Crippen molar-refractivity contribution in [3.63, 3.8) is 0 Å². The molecule has 0 rings (SSSR count). The van der Waals surface area contributed by atoms with Crippen LogP contribution in [0.5, 0.6) is 0 Å². The second-order valence-corrected chi connectivity index (χ2v) is 3.44. The summed E-state index contributed by atoms with van der Waals surface area (Å²) >= 11 is 0. The van der Waals surface area contributed by atoms with E-state index in [0.717, 1.165) is 32.1 Å². The predicted octanol–water partition coefficient (Wildman–Crippen LogP) is 2.71. The smallest absolute Gasteiger partial charge is 0.305 e. The number of hydrogen-bond donors (Lipinski definition) is 0. The fourth-order valence-electron chi connectivity index (χ4n) is 1.16. The van der Waals surface area contributed by atoms with Crippen LogP contribution in [0.15, 0.2) is 0 Å². The molecule has 83 valence electrons. The molecule has 0 amide bonds. The van der Waals surface area contributed by atoms with Gasteiger partial charge in [0.25, 0.3) is 0 Å². The fourth-order valence-corrected chi connectivity index (χ4v) is 1.16. The van der Waals surface area contributed by atoms with E-state index in [-0.39, 0.29) is 12.6 Å². The van der Waals surface area contributed by atoms with Crippen molar-refractivity contribution in [1.29, 1.82) is 0 Å². The lowest BCUT2D eigenvalue weighted by Gasteiger charge is -2.03. The molecule has 0 aliphatic heterocycles. The molecule has 0 spiro atoms. The van der Waals surface area contributed by atoms with E-state index in [1.807, 2.05) is 0 Å². The minimum absolute atomic E-state index is 0.0234. The van der Waals surface area contributed by atoms with Gasteiger partial charge in [0.05, 0.1) is 13.2 Å². The van der Waals surface area contributed by atoms with Crippen molar-refractivity contribution in [3.8, 4) is 0 Å². The van der Waals surface area contributed by atoms with E-state index in [1.165, 1.54) is 0 Å². The van der Waals surface area contributed by atoms with Crippen molar-refractivity contribution in [2.24, 2.45) is 0 Å². The third-order valence-electron chi connectivity index (χ3n) is 2.04. The van der Waals surface area contributed by atoms with Gasteiger partial charge in [-0.05, 0) is 25.7 Å². The van der Waals surface area contributed by atoms with Crippen LogP contribution in [-0.4, -0.2) is 19.2 Å². The Bertz CT molecular complexity index is 134. The van der Waals surface area contributed by atoms with Gasteiger partial charge in [0.2, 0.25) is 0 Å². The molecule has 0 aliphatic carbocycles. The Hall–Kier alpha value is -0.570. The second kappa shape index (κ2) is 10.5. The summed E-state index contributed by atoms with van der Waals surface area (Å²) in [5, 5.41) is 10.1. The van der Waals surface area contributed by atoms with E-state index in [2.05, 4.69) is 6.92 Å². The van der Waals surface area contributed by atoms with Crippen molar-refractivity contribution in [2.75, 3.05) is 13.2 Å². The van der Waals surface area contributed by atoms with Crippen molar-refractivity contribution in [2.45, 2.75) is 51.9 Å². The molecule has 0 heterocycles. The van der Waals surface area contributed by atoms with Crippen LogP contribution >= 0.6 is 0 Å². The molecule has 0 saturated carbocycles. The number of esters is 1.